The van der Waals surface area contributed by atoms with E-state index in [-0.39, 0.29) is 18.2 Å². The van der Waals surface area contributed by atoms with Gasteiger partial charge in [-0.1, -0.05) is 31.2 Å². The Kier molecular flexibility index (Phi) is 4.61. The molecule has 0 aromatic heterocycles. The van der Waals surface area contributed by atoms with E-state index in [4.69, 9.17) is 10.8 Å². The second-order valence-electron chi connectivity index (χ2n) is 5.87. The van der Waals surface area contributed by atoms with Gasteiger partial charge in [0, 0.05) is 19.2 Å². The van der Waals surface area contributed by atoms with Gasteiger partial charge in [-0.2, -0.15) is 0 Å². The number of benzene rings is 1. The fourth-order valence-corrected chi connectivity index (χ4v) is 3.27. The van der Waals surface area contributed by atoms with E-state index in [1.165, 1.54) is 11.1 Å². The number of aliphatic hydroxyl groups excluding tert-OH is 1. The molecular weight excluding hydrogens is 236 g/mol. The fraction of sp³-hybridized carbons (Fsp3) is 0.625. The Labute approximate surface area is 116 Å². The molecule has 0 amide bonds. The third-order valence-corrected chi connectivity index (χ3v) is 4.44. The number of fused-ring (bicyclic) bond motifs is 1. The third kappa shape index (κ3) is 2.83. The zero-order valence-corrected chi connectivity index (χ0v) is 12.0. The number of nitrogens with one attached hydrogen (secondary N) is 1. The van der Waals surface area contributed by atoms with Crippen molar-refractivity contribution in [2.45, 2.75) is 50.6 Å². The first-order valence-corrected chi connectivity index (χ1v) is 7.31. The molecule has 3 nitrogen and oxygen atoms in total. The Morgan fingerprint density at radius 1 is 1.47 bits per heavy atom. The van der Waals surface area contributed by atoms with E-state index in [0.29, 0.717) is 12.5 Å². The average Bonchev–Trinajstić information content (AvgIpc) is 2.43. The van der Waals surface area contributed by atoms with Crippen LogP contribution in [-0.4, -0.2) is 24.3 Å². The highest BCUT2D eigenvalue weighted by atomic mass is 16.3. The van der Waals surface area contributed by atoms with Crippen LogP contribution in [0.5, 0.6) is 0 Å². The van der Waals surface area contributed by atoms with Crippen molar-refractivity contribution in [2.75, 3.05) is 13.2 Å². The van der Waals surface area contributed by atoms with Crippen molar-refractivity contribution in [3.05, 3.63) is 35.4 Å². The van der Waals surface area contributed by atoms with Crippen molar-refractivity contribution in [2.24, 2.45) is 5.73 Å². The molecule has 4 N–H and O–H groups in total. The predicted molar refractivity (Wildman–Crippen MR) is 79.1 cm³/mol. The molecule has 1 aromatic carbocycles. The maximum absolute atomic E-state index is 9.09. The topological polar surface area (TPSA) is 58.3 Å². The smallest absolute Gasteiger partial charge is 0.0563 e. The summed E-state index contributed by atoms with van der Waals surface area (Å²) in [7, 11) is 0. The summed E-state index contributed by atoms with van der Waals surface area (Å²) in [5.41, 5.74) is 8.76. The van der Waals surface area contributed by atoms with Gasteiger partial charge in [-0.05, 0) is 43.2 Å². The van der Waals surface area contributed by atoms with E-state index in [0.717, 1.165) is 19.3 Å². The Morgan fingerprint density at radius 2 is 2.21 bits per heavy atom. The van der Waals surface area contributed by atoms with Crippen molar-refractivity contribution in [1.82, 2.24) is 5.32 Å². The minimum absolute atomic E-state index is 0.127. The summed E-state index contributed by atoms with van der Waals surface area (Å²) in [5, 5.41) is 12.8. The summed E-state index contributed by atoms with van der Waals surface area (Å²) in [5.74, 6) is 0.603. The predicted octanol–water partition coefficient (Wildman–Crippen LogP) is 2.10. The highest BCUT2D eigenvalue weighted by molar-refractivity contribution is 5.39. The molecule has 0 bridgehead atoms. The lowest BCUT2D eigenvalue weighted by molar-refractivity contribution is 0.216. The van der Waals surface area contributed by atoms with E-state index in [9.17, 15) is 0 Å². The molecule has 0 saturated carbocycles. The number of nitrogens with two attached hydrogens (primary N) is 1. The fourth-order valence-electron chi connectivity index (χ4n) is 3.27. The highest BCUT2D eigenvalue weighted by Gasteiger charge is 2.37. The molecule has 1 aliphatic carbocycles. The van der Waals surface area contributed by atoms with E-state index in [2.05, 4.69) is 43.4 Å². The Hall–Kier alpha value is -0.900. The van der Waals surface area contributed by atoms with Crippen LogP contribution in [0.1, 0.15) is 50.2 Å². The van der Waals surface area contributed by atoms with Gasteiger partial charge in [0.1, 0.15) is 0 Å². The molecule has 0 aliphatic heterocycles. The number of rotatable bonds is 5. The molecule has 19 heavy (non-hydrogen) atoms. The second kappa shape index (κ2) is 6.04. The van der Waals surface area contributed by atoms with Gasteiger partial charge < -0.3 is 16.2 Å². The van der Waals surface area contributed by atoms with Gasteiger partial charge in [-0.3, -0.25) is 0 Å². The molecule has 0 saturated heterocycles. The molecule has 1 aliphatic rings. The summed E-state index contributed by atoms with van der Waals surface area (Å²) in [6, 6.07) is 8.91. The minimum Gasteiger partial charge on any atom is -0.396 e. The van der Waals surface area contributed by atoms with Crippen molar-refractivity contribution in [3.63, 3.8) is 0 Å². The van der Waals surface area contributed by atoms with E-state index >= 15 is 0 Å². The van der Waals surface area contributed by atoms with Crippen LogP contribution >= 0.6 is 0 Å². The summed E-state index contributed by atoms with van der Waals surface area (Å²) >= 11 is 0. The maximum Gasteiger partial charge on any atom is 0.0563 e. The molecule has 3 heteroatoms. The highest BCUT2D eigenvalue weighted by Crippen LogP contribution is 2.41. The van der Waals surface area contributed by atoms with Gasteiger partial charge in [-0.15, -0.1) is 0 Å². The van der Waals surface area contributed by atoms with Crippen LogP contribution in [0.25, 0.3) is 0 Å². The normalized spacial score (nSPS) is 27.9. The Balaban J connectivity index is 2.33. The third-order valence-electron chi connectivity index (χ3n) is 4.44. The number of hydrogen-bond acceptors (Lipinski definition) is 3. The molecule has 0 spiro atoms. The van der Waals surface area contributed by atoms with Crippen LogP contribution in [0.4, 0.5) is 0 Å². The van der Waals surface area contributed by atoms with Gasteiger partial charge in [0.25, 0.3) is 0 Å². The summed E-state index contributed by atoms with van der Waals surface area (Å²) in [6.45, 7) is 5.23. The van der Waals surface area contributed by atoms with Gasteiger partial charge in [0.05, 0.1) is 5.54 Å². The molecule has 0 fully saturated rings. The lowest BCUT2D eigenvalue weighted by atomic mass is 9.72. The van der Waals surface area contributed by atoms with Crippen molar-refractivity contribution < 1.29 is 5.11 Å². The summed E-state index contributed by atoms with van der Waals surface area (Å²) in [4.78, 5) is 0. The molecule has 0 radical (unpaired) electrons. The van der Waals surface area contributed by atoms with Gasteiger partial charge in [0.15, 0.2) is 0 Å². The van der Waals surface area contributed by atoms with Crippen molar-refractivity contribution >= 4 is 0 Å². The van der Waals surface area contributed by atoms with E-state index < -0.39 is 0 Å². The van der Waals surface area contributed by atoms with Crippen molar-refractivity contribution in [1.29, 1.82) is 0 Å². The molecule has 1 aromatic rings. The van der Waals surface area contributed by atoms with Gasteiger partial charge in [-0.25, -0.2) is 0 Å². The molecule has 0 heterocycles. The first-order valence-electron chi connectivity index (χ1n) is 7.31. The molecule has 106 valence electrons. The van der Waals surface area contributed by atoms with Crippen LogP contribution in [0.3, 0.4) is 0 Å². The monoisotopic (exact) mass is 262 g/mol. The lowest BCUT2D eigenvalue weighted by Gasteiger charge is -2.43. The van der Waals surface area contributed by atoms with Crippen LogP contribution < -0.4 is 11.1 Å². The molecular formula is C16H26N2O. The number of hydrogen-bond donors (Lipinski definition) is 3. The van der Waals surface area contributed by atoms with E-state index in [1.807, 2.05) is 0 Å². The molecule has 3 atom stereocenters. The maximum atomic E-state index is 9.09. The quantitative estimate of drug-likeness (QED) is 0.761. The second-order valence-corrected chi connectivity index (χ2v) is 5.87. The van der Waals surface area contributed by atoms with E-state index in [1.54, 1.807) is 0 Å². The van der Waals surface area contributed by atoms with Gasteiger partial charge >= 0.3 is 0 Å². The van der Waals surface area contributed by atoms with Crippen molar-refractivity contribution in [3.8, 4) is 0 Å². The molecule has 3 unspecified atom stereocenters. The lowest BCUT2D eigenvalue weighted by Crippen LogP contribution is -2.54. The largest absolute Gasteiger partial charge is 0.396 e. The first kappa shape index (κ1) is 14.5. The van der Waals surface area contributed by atoms with Crippen LogP contribution in [-0.2, 0) is 5.54 Å². The Morgan fingerprint density at radius 3 is 2.89 bits per heavy atom. The average molecular weight is 262 g/mol. The minimum atomic E-state index is -0.127. The molecule has 2 rings (SSSR count). The Bertz CT molecular complexity index is 421. The summed E-state index contributed by atoms with van der Waals surface area (Å²) in [6.07, 6.45) is 2.99. The SMILES string of the molecule is CC(CCO)NC1(CN)CCC(C)c2ccccc21. The first-order chi connectivity index (χ1) is 9.13. The van der Waals surface area contributed by atoms with Crippen LogP contribution in [0.15, 0.2) is 24.3 Å². The standard InChI is InChI=1S/C16H26N2O/c1-12-7-9-16(11-17,18-13(2)8-10-19)15-6-4-3-5-14(12)15/h3-6,12-13,18-19H,7-11,17H2,1-2H3. The number of aliphatic hydroxyl groups is 1. The van der Waals surface area contributed by atoms with Crippen LogP contribution in [0, 0.1) is 0 Å². The zero-order chi connectivity index (χ0) is 13.9. The van der Waals surface area contributed by atoms with Crippen LogP contribution in [0.2, 0.25) is 0 Å². The summed E-state index contributed by atoms with van der Waals surface area (Å²) < 4.78 is 0. The van der Waals surface area contributed by atoms with Gasteiger partial charge in [0.2, 0.25) is 0 Å². The zero-order valence-electron chi connectivity index (χ0n) is 12.0.